The molecule has 0 bridgehead atoms. The van der Waals surface area contributed by atoms with Crippen LogP contribution in [0.5, 0.6) is 0 Å². The number of nitrogens with zero attached hydrogens (tertiary/aromatic N) is 5. The predicted molar refractivity (Wildman–Crippen MR) is 107 cm³/mol. The number of amides is 3. The van der Waals surface area contributed by atoms with E-state index < -0.39 is 4.92 Å². The lowest BCUT2D eigenvalue weighted by molar-refractivity contribution is -0.389. The summed E-state index contributed by atoms with van der Waals surface area (Å²) in [5.74, 6) is 0.241. The molecule has 1 aromatic carbocycles. The Kier molecular flexibility index (Phi) is 6.10. The molecule has 1 aliphatic rings. The number of nitrogens with one attached hydrogen (secondary N) is 1. The Morgan fingerprint density at radius 3 is 2.48 bits per heavy atom. The van der Waals surface area contributed by atoms with Crippen molar-refractivity contribution >= 4 is 23.4 Å². The first-order chi connectivity index (χ1) is 13.8. The molecular formula is C19H24N6O4. The largest absolute Gasteiger partial charge is 0.381 e. The van der Waals surface area contributed by atoms with Gasteiger partial charge in [-0.1, -0.05) is 12.1 Å². The summed E-state index contributed by atoms with van der Waals surface area (Å²) in [6, 6.07) is 7.42. The Bertz CT molecular complexity index is 917. The van der Waals surface area contributed by atoms with Crippen LogP contribution in [0, 0.1) is 24.0 Å². The monoisotopic (exact) mass is 400 g/mol. The standard InChI is InChI=1S/C19H24N6O4/c1-14-4-3-5-16(12-14)21-19(27)23-10-8-22(9-11-23)18(26)6-7-24-13-17(25(28)29)20-15(24)2/h3-5,12-13H,6-11H2,1-2H3,(H,21,27). The Balaban J connectivity index is 1.46. The fourth-order valence-corrected chi connectivity index (χ4v) is 3.26. The van der Waals surface area contributed by atoms with Crippen LogP contribution in [-0.2, 0) is 11.3 Å². The summed E-state index contributed by atoms with van der Waals surface area (Å²) in [5, 5.41) is 13.7. The molecule has 0 radical (unpaired) electrons. The van der Waals surface area contributed by atoms with E-state index in [-0.39, 0.29) is 24.2 Å². The van der Waals surface area contributed by atoms with Crippen LogP contribution >= 0.6 is 0 Å². The lowest BCUT2D eigenvalue weighted by Crippen LogP contribution is -2.51. The minimum Gasteiger partial charge on any atom is -0.358 e. The Labute approximate surface area is 168 Å². The van der Waals surface area contributed by atoms with Crippen LogP contribution in [0.1, 0.15) is 17.8 Å². The highest BCUT2D eigenvalue weighted by Gasteiger charge is 2.24. The molecule has 0 aliphatic carbocycles. The maximum Gasteiger partial charge on any atom is 0.381 e. The summed E-state index contributed by atoms with van der Waals surface area (Å²) in [6.07, 6.45) is 1.57. The summed E-state index contributed by atoms with van der Waals surface area (Å²) in [7, 11) is 0. The van der Waals surface area contributed by atoms with E-state index in [1.54, 1.807) is 21.3 Å². The highest BCUT2D eigenvalue weighted by Crippen LogP contribution is 2.13. The molecule has 2 heterocycles. The minimum absolute atomic E-state index is 0.0421. The predicted octanol–water partition coefficient (Wildman–Crippen LogP) is 2.17. The normalized spacial score (nSPS) is 14.0. The first kappa shape index (κ1) is 20.3. The number of carbonyl (C=O) groups excluding carboxylic acids is 2. The van der Waals surface area contributed by atoms with Crippen molar-refractivity contribution < 1.29 is 14.5 Å². The smallest absolute Gasteiger partial charge is 0.358 e. The molecule has 1 saturated heterocycles. The van der Waals surface area contributed by atoms with Gasteiger partial charge in [0, 0.05) is 51.8 Å². The number of aryl methyl sites for hydroxylation is 3. The van der Waals surface area contributed by atoms with Gasteiger partial charge in [-0.3, -0.25) is 4.79 Å². The zero-order chi connectivity index (χ0) is 21.0. The van der Waals surface area contributed by atoms with E-state index in [4.69, 9.17) is 0 Å². The zero-order valence-electron chi connectivity index (χ0n) is 16.5. The van der Waals surface area contributed by atoms with Crippen molar-refractivity contribution in [2.24, 2.45) is 0 Å². The van der Waals surface area contributed by atoms with Crippen LogP contribution in [0.4, 0.5) is 16.3 Å². The molecule has 1 aromatic heterocycles. The topological polar surface area (TPSA) is 114 Å². The average molecular weight is 400 g/mol. The van der Waals surface area contributed by atoms with Gasteiger partial charge in [0.2, 0.25) is 11.7 Å². The van der Waals surface area contributed by atoms with Gasteiger partial charge in [-0.15, -0.1) is 0 Å². The fourth-order valence-electron chi connectivity index (χ4n) is 3.26. The molecular weight excluding hydrogens is 376 g/mol. The lowest BCUT2D eigenvalue weighted by atomic mass is 10.2. The van der Waals surface area contributed by atoms with Gasteiger partial charge in [0.25, 0.3) is 0 Å². The highest BCUT2D eigenvalue weighted by molar-refractivity contribution is 5.89. The molecule has 0 spiro atoms. The molecule has 3 amide bonds. The van der Waals surface area contributed by atoms with E-state index in [0.29, 0.717) is 38.5 Å². The average Bonchev–Trinajstić information content (AvgIpc) is 3.07. The van der Waals surface area contributed by atoms with Crippen LogP contribution in [0.2, 0.25) is 0 Å². The lowest BCUT2D eigenvalue weighted by Gasteiger charge is -2.34. The zero-order valence-corrected chi connectivity index (χ0v) is 16.5. The van der Waals surface area contributed by atoms with E-state index in [0.717, 1.165) is 11.3 Å². The molecule has 0 saturated carbocycles. The van der Waals surface area contributed by atoms with Crippen LogP contribution < -0.4 is 5.32 Å². The molecule has 3 rings (SSSR count). The summed E-state index contributed by atoms with van der Waals surface area (Å²) >= 11 is 0. The number of benzene rings is 1. The molecule has 0 unspecified atom stereocenters. The van der Waals surface area contributed by atoms with Crippen molar-refractivity contribution in [3.05, 3.63) is 52.0 Å². The van der Waals surface area contributed by atoms with Gasteiger partial charge in [-0.2, -0.15) is 0 Å². The molecule has 1 N–H and O–H groups in total. The maximum absolute atomic E-state index is 12.5. The van der Waals surface area contributed by atoms with Gasteiger partial charge >= 0.3 is 11.8 Å². The number of hydrogen-bond acceptors (Lipinski definition) is 5. The second-order valence-electron chi connectivity index (χ2n) is 7.01. The molecule has 10 nitrogen and oxygen atoms in total. The first-order valence-electron chi connectivity index (χ1n) is 9.42. The van der Waals surface area contributed by atoms with E-state index in [1.807, 2.05) is 31.2 Å². The summed E-state index contributed by atoms with van der Waals surface area (Å²) in [5.41, 5.74) is 1.81. The fraction of sp³-hybridized carbons (Fsp3) is 0.421. The number of rotatable bonds is 5. The molecule has 10 heteroatoms. The first-order valence-corrected chi connectivity index (χ1v) is 9.42. The number of imidazole rings is 1. The number of urea groups is 1. The Morgan fingerprint density at radius 1 is 1.17 bits per heavy atom. The van der Waals surface area contributed by atoms with Crippen molar-refractivity contribution in [1.29, 1.82) is 0 Å². The van der Waals surface area contributed by atoms with E-state index in [9.17, 15) is 19.7 Å². The van der Waals surface area contributed by atoms with Crippen molar-refractivity contribution in [1.82, 2.24) is 19.4 Å². The van der Waals surface area contributed by atoms with Crippen molar-refractivity contribution in [2.75, 3.05) is 31.5 Å². The highest BCUT2D eigenvalue weighted by atomic mass is 16.6. The quantitative estimate of drug-likeness (QED) is 0.610. The summed E-state index contributed by atoms with van der Waals surface area (Å²) in [6.45, 7) is 5.80. The number of piperazine rings is 1. The van der Waals surface area contributed by atoms with E-state index in [1.165, 1.54) is 6.20 Å². The second-order valence-corrected chi connectivity index (χ2v) is 7.01. The number of carbonyl (C=O) groups is 2. The third-order valence-electron chi connectivity index (χ3n) is 4.91. The third kappa shape index (κ3) is 5.09. The maximum atomic E-state index is 12.5. The van der Waals surface area contributed by atoms with Crippen LogP contribution in [0.3, 0.4) is 0 Å². The van der Waals surface area contributed by atoms with Crippen LogP contribution in [0.15, 0.2) is 30.5 Å². The van der Waals surface area contributed by atoms with Crippen molar-refractivity contribution in [2.45, 2.75) is 26.8 Å². The summed E-state index contributed by atoms with van der Waals surface area (Å²) in [4.78, 5) is 42.4. The number of nitro groups is 1. The number of anilines is 1. The van der Waals surface area contributed by atoms with Gasteiger partial charge < -0.3 is 29.8 Å². The van der Waals surface area contributed by atoms with Crippen LogP contribution in [0.25, 0.3) is 0 Å². The number of hydrogen-bond donors (Lipinski definition) is 1. The molecule has 1 fully saturated rings. The third-order valence-corrected chi connectivity index (χ3v) is 4.91. The van der Waals surface area contributed by atoms with Crippen molar-refractivity contribution in [3.8, 4) is 0 Å². The van der Waals surface area contributed by atoms with Gasteiger partial charge in [0.15, 0.2) is 0 Å². The van der Waals surface area contributed by atoms with Gasteiger partial charge in [0.1, 0.15) is 6.20 Å². The van der Waals surface area contributed by atoms with E-state index >= 15 is 0 Å². The van der Waals surface area contributed by atoms with Crippen LogP contribution in [-0.4, -0.2) is 62.4 Å². The SMILES string of the molecule is Cc1cccc(NC(=O)N2CCN(C(=O)CCn3cc([N+](=O)[O-])nc3C)CC2)c1. The molecule has 0 atom stereocenters. The Morgan fingerprint density at radius 2 is 1.86 bits per heavy atom. The van der Waals surface area contributed by atoms with Crippen molar-refractivity contribution in [3.63, 3.8) is 0 Å². The van der Waals surface area contributed by atoms with Gasteiger partial charge in [-0.05, 0) is 34.5 Å². The second kappa shape index (κ2) is 8.72. The minimum atomic E-state index is -0.549. The number of aromatic nitrogens is 2. The Hall–Kier alpha value is -3.43. The molecule has 2 aromatic rings. The molecule has 154 valence electrons. The van der Waals surface area contributed by atoms with Gasteiger partial charge in [-0.25, -0.2) is 4.79 Å². The molecule has 29 heavy (non-hydrogen) atoms. The molecule has 1 aliphatic heterocycles. The summed E-state index contributed by atoms with van der Waals surface area (Å²) < 4.78 is 1.61. The van der Waals surface area contributed by atoms with E-state index in [2.05, 4.69) is 10.3 Å². The van der Waals surface area contributed by atoms with Gasteiger partial charge in [0.05, 0.1) is 0 Å².